The van der Waals surface area contributed by atoms with E-state index in [0.29, 0.717) is 5.88 Å². The maximum Gasteiger partial charge on any atom is 0.240 e. The molecule has 0 bridgehead atoms. The third kappa shape index (κ3) is 10.7. The van der Waals surface area contributed by atoms with Gasteiger partial charge in [0.2, 0.25) is 5.88 Å². The first kappa shape index (κ1) is 19.1. The predicted octanol–water partition coefficient (Wildman–Crippen LogP) is 6.26. The summed E-state index contributed by atoms with van der Waals surface area (Å²) < 4.78 is 0. The van der Waals surface area contributed by atoms with Crippen molar-refractivity contribution in [3.63, 3.8) is 0 Å². The van der Waals surface area contributed by atoms with Crippen molar-refractivity contribution in [1.82, 2.24) is 5.48 Å². The SMILES string of the molecule is C=C1N=C(CCCCCCCCCCCCCCCC)NO1. The highest BCUT2D eigenvalue weighted by atomic mass is 16.7. The van der Waals surface area contributed by atoms with E-state index in [1.54, 1.807) is 0 Å². The summed E-state index contributed by atoms with van der Waals surface area (Å²) in [5, 5.41) is 0. The Labute approximate surface area is 137 Å². The molecule has 0 saturated carbocycles. The molecular formula is C19H36N2O. The third-order valence-electron chi connectivity index (χ3n) is 4.31. The second kappa shape index (κ2) is 13.7. The van der Waals surface area contributed by atoms with E-state index < -0.39 is 0 Å². The summed E-state index contributed by atoms with van der Waals surface area (Å²) in [5.74, 6) is 1.42. The Kier molecular flexibility index (Phi) is 11.8. The molecule has 0 saturated heterocycles. The van der Waals surface area contributed by atoms with Crippen molar-refractivity contribution in [3.8, 4) is 0 Å². The van der Waals surface area contributed by atoms with Gasteiger partial charge in [0, 0.05) is 6.42 Å². The van der Waals surface area contributed by atoms with Gasteiger partial charge in [0.15, 0.2) is 0 Å². The topological polar surface area (TPSA) is 33.6 Å². The molecule has 0 aromatic heterocycles. The van der Waals surface area contributed by atoms with E-state index in [-0.39, 0.29) is 0 Å². The zero-order chi connectivity index (χ0) is 15.9. The highest BCUT2D eigenvalue weighted by Gasteiger charge is 2.08. The molecule has 0 unspecified atom stereocenters. The Morgan fingerprint density at radius 2 is 1.23 bits per heavy atom. The minimum atomic E-state index is 0.486. The summed E-state index contributed by atoms with van der Waals surface area (Å²) in [7, 11) is 0. The van der Waals surface area contributed by atoms with Crippen molar-refractivity contribution < 1.29 is 4.84 Å². The molecule has 0 spiro atoms. The fourth-order valence-electron chi connectivity index (χ4n) is 2.91. The van der Waals surface area contributed by atoms with E-state index in [2.05, 4.69) is 24.0 Å². The molecule has 1 rings (SSSR count). The fourth-order valence-corrected chi connectivity index (χ4v) is 2.91. The third-order valence-corrected chi connectivity index (χ3v) is 4.31. The Morgan fingerprint density at radius 3 is 1.64 bits per heavy atom. The summed E-state index contributed by atoms with van der Waals surface area (Å²) in [6.45, 7) is 5.93. The maximum atomic E-state index is 4.99. The fraction of sp³-hybridized carbons (Fsp3) is 0.842. The van der Waals surface area contributed by atoms with Gasteiger partial charge in [-0.05, 0) is 13.0 Å². The van der Waals surface area contributed by atoms with Crippen LogP contribution in [0, 0.1) is 0 Å². The number of unbranched alkanes of at least 4 members (excludes halogenated alkanes) is 13. The van der Waals surface area contributed by atoms with Gasteiger partial charge in [-0.15, -0.1) is 0 Å². The summed E-state index contributed by atoms with van der Waals surface area (Å²) in [5.41, 5.74) is 2.80. The number of amidine groups is 1. The Balaban J connectivity index is 1.71. The molecule has 0 radical (unpaired) electrons. The zero-order valence-electron chi connectivity index (χ0n) is 14.7. The minimum Gasteiger partial charge on any atom is -0.361 e. The lowest BCUT2D eigenvalue weighted by molar-refractivity contribution is 0.177. The quantitative estimate of drug-likeness (QED) is 0.362. The van der Waals surface area contributed by atoms with E-state index in [1.807, 2.05) is 0 Å². The van der Waals surface area contributed by atoms with Gasteiger partial charge in [-0.2, -0.15) is 4.99 Å². The van der Waals surface area contributed by atoms with E-state index in [4.69, 9.17) is 4.84 Å². The number of hydroxylamine groups is 1. The molecule has 1 heterocycles. The average molecular weight is 309 g/mol. The molecule has 128 valence electrons. The van der Waals surface area contributed by atoms with Crippen molar-refractivity contribution in [2.75, 3.05) is 0 Å². The van der Waals surface area contributed by atoms with Crippen LogP contribution < -0.4 is 5.48 Å². The Bertz CT molecular complexity index is 313. The molecule has 3 heteroatoms. The summed E-state index contributed by atoms with van der Waals surface area (Å²) in [4.78, 5) is 9.16. The van der Waals surface area contributed by atoms with E-state index >= 15 is 0 Å². The molecule has 22 heavy (non-hydrogen) atoms. The molecule has 0 atom stereocenters. The van der Waals surface area contributed by atoms with E-state index in [9.17, 15) is 0 Å². The van der Waals surface area contributed by atoms with E-state index in [1.165, 1.54) is 89.9 Å². The molecule has 1 aliphatic heterocycles. The van der Waals surface area contributed by atoms with Gasteiger partial charge >= 0.3 is 0 Å². The normalized spacial score (nSPS) is 13.9. The van der Waals surface area contributed by atoms with Crippen LogP contribution in [0.3, 0.4) is 0 Å². The Hall–Kier alpha value is -0.990. The van der Waals surface area contributed by atoms with Crippen LogP contribution >= 0.6 is 0 Å². The molecule has 3 nitrogen and oxygen atoms in total. The number of nitrogens with one attached hydrogen (secondary N) is 1. The van der Waals surface area contributed by atoms with Gasteiger partial charge in [-0.25, -0.2) is 5.48 Å². The lowest BCUT2D eigenvalue weighted by Gasteiger charge is -2.03. The molecule has 0 aromatic carbocycles. The second-order valence-electron chi connectivity index (χ2n) is 6.50. The van der Waals surface area contributed by atoms with Crippen LogP contribution in [0.1, 0.15) is 103 Å². The lowest BCUT2D eigenvalue weighted by Crippen LogP contribution is -2.15. The molecule has 0 fully saturated rings. The average Bonchev–Trinajstić information content (AvgIpc) is 2.93. The van der Waals surface area contributed by atoms with E-state index in [0.717, 1.165) is 12.3 Å². The first-order chi connectivity index (χ1) is 10.8. The van der Waals surface area contributed by atoms with Gasteiger partial charge < -0.3 is 4.84 Å². The van der Waals surface area contributed by atoms with Crippen LogP contribution in [0.25, 0.3) is 0 Å². The highest BCUT2D eigenvalue weighted by Crippen LogP contribution is 2.14. The van der Waals surface area contributed by atoms with Gasteiger partial charge in [0.25, 0.3) is 0 Å². The van der Waals surface area contributed by atoms with Crippen molar-refractivity contribution in [2.24, 2.45) is 4.99 Å². The van der Waals surface area contributed by atoms with Crippen molar-refractivity contribution in [3.05, 3.63) is 12.5 Å². The van der Waals surface area contributed by atoms with Gasteiger partial charge in [-0.1, -0.05) is 90.4 Å². The largest absolute Gasteiger partial charge is 0.361 e. The standard InChI is InChI=1S/C19H36N2O/c1-3-4-5-6-7-8-9-10-11-12-13-14-15-16-17-19-20-18(2)22-21-19/h2-17H2,1H3,(H,20,21). The molecule has 1 N–H and O–H groups in total. The molecular weight excluding hydrogens is 272 g/mol. The number of hydrogen-bond acceptors (Lipinski definition) is 3. The lowest BCUT2D eigenvalue weighted by atomic mass is 10.0. The maximum absolute atomic E-state index is 4.99. The first-order valence-electron chi connectivity index (χ1n) is 9.52. The van der Waals surface area contributed by atoms with Crippen molar-refractivity contribution in [1.29, 1.82) is 0 Å². The second-order valence-corrected chi connectivity index (χ2v) is 6.50. The highest BCUT2D eigenvalue weighted by molar-refractivity contribution is 5.83. The zero-order valence-corrected chi connectivity index (χ0v) is 14.7. The van der Waals surface area contributed by atoms with Gasteiger partial charge in [0.05, 0.1) is 0 Å². The van der Waals surface area contributed by atoms with Gasteiger partial charge in [0.1, 0.15) is 5.84 Å². The monoisotopic (exact) mass is 308 g/mol. The predicted molar refractivity (Wildman–Crippen MR) is 95.7 cm³/mol. The number of aliphatic imine (C=N–C) groups is 1. The number of hydrogen-bond donors (Lipinski definition) is 1. The molecule has 1 aliphatic rings. The van der Waals surface area contributed by atoms with Crippen LogP contribution in [0.15, 0.2) is 17.5 Å². The number of rotatable bonds is 15. The van der Waals surface area contributed by atoms with Crippen LogP contribution in [0.4, 0.5) is 0 Å². The smallest absolute Gasteiger partial charge is 0.240 e. The summed E-state index contributed by atoms with van der Waals surface area (Å²) >= 11 is 0. The van der Waals surface area contributed by atoms with Crippen molar-refractivity contribution in [2.45, 2.75) is 103 Å². The van der Waals surface area contributed by atoms with Crippen LogP contribution in [0.2, 0.25) is 0 Å². The van der Waals surface area contributed by atoms with Crippen LogP contribution in [-0.2, 0) is 4.84 Å². The number of nitrogens with zero attached hydrogens (tertiary/aromatic N) is 1. The molecule has 0 amide bonds. The summed E-state index contributed by atoms with van der Waals surface area (Å²) in [6.07, 6.45) is 20.5. The summed E-state index contributed by atoms with van der Waals surface area (Å²) in [6, 6.07) is 0. The van der Waals surface area contributed by atoms with Crippen molar-refractivity contribution >= 4 is 5.84 Å². The minimum absolute atomic E-state index is 0.486. The first-order valence-corrected chi connectivity index (χ1v) is 9.52. The van der Waals surface area contributed by atoms with Crippen LogP contribution in [-0.4, -0.2) is 5.84 Å². The molecule has 0 aromatic rings. The van der Waals surface area contributed by atoms with Gasteiger partial charge in [-0.3, -0.25) is 0 Å². The van der Waals surface area contributed by atoms with Crippen LogP contribution in [0.5, 0.6) is 0 Å². The Morgan fingerprint density at radius 1 is 0.773 bits per heavy atom. The molecule has 0 aliphatic carbocycles.